The molecule has 0 aliphatic carbocycles. The van der Waals surface area contributed by atoms with Gasteiger partial charge in [0.2, 0.25) is 15.9 Å². The normalized spacial score (nSPS) is 12.7. The Morgan fingerprint density at radius 2 is 1.87 bits per heavy atom. The summed E-state index contributed by atoms with van der Waals surface area (Å²) in [6, 6.07) is 5.99. The molecule has 6 nitrogen and oxygen atoms in total. The average Bonchev–Trinajstić information content (AvgIpc) is 2.52. The standard InChI is InChI=1S/C15H25N3O3S2/c1-3-4-11-23(20,21)18-13-7-5-12(6-8-13)17-15(19)14(16)9-10-22-2/h5-8,14,18H,3-4,9-11,16H2,1-2H3,(H,17,19)/t14-/m0/s1. The van der Waals surface area contributed by atoms with Gasteiger partial charge in [-0.05, 0) is 49.1 Å². The Morgan fingerprint density at radius 1 is 1.26 bits per heavy atom. The lowest BCUT2D eigenvalue weighted by Crippen LogP contribution is -2.36. The molecule has 0 aliphatic heterocycles. The number of amides is 1. The van der Waals surface area contributed by atoms with Gasteiger partial charge in [0.25, 0.3) is 0 Å². The summed E-state index contributed by atoms with van der Waals surface area (Å²) in [6.45, 7) is 1.94. The molecule has 8 heteroatoms. The maximum Gasteiger partial charge on any atom is 0.241 e. The molecule has 0 saturated heterocycles. The zero-order valence-electron chi connectivity index (χ0n) is 13.5. The highest BCUT2D eigenvalue weighted by Crippen LogP contribution is 2.16. The number of carbonyl (C=O) groups is 1. The summed E-state index contributed by atoms with van der Waals surface area (Å²) in [5.74, 6) is 0.689. The van der Waals surface area contributed by atoms with Crippen molar-refractivity contribution < 1.29 is 13.2 Å². The monoisotopic (exact) mass is 359 g/mol. The number of unbranched alkanes of at least 4 members (excludes halogenated alkanes) is 1. The number of hydrogen-bond acceptors (Lipinski definition) is 5. The van der Waals surface area contributed by atoms with E-state index in [1.54, 1.807) is 36.0 Å². The first kappa shape index (κ1) is 19.8. The SMILES string of the molecule is CCCCS(=O)(=O)Nc1ccc(NC(=O)[C@@H](N)CCSC)cc1. The summed E-state index contributed by atoms with van der Waals surface area (Å²) in [5.41, 5.74) is 6.86. The van der Waals surface area contributed by atoms with Crippen LogP contribution in [0.4, 0.5) is 11.4 Å². The first-order chi connectivity index (χ1) is 10.9. The molecule has 0 radical (unpaired) electrons. The quantitative estimate of drug-likeness (QED) is 0.595. The minimum atomic E-state index is -3.32. The second-order valence-electron chi connectivity index (χ2n) is 5.23. The molecule has 130 valence electrons. The van der Waals surface area contributed by atoms with Gasteiger partial charge in [-0.2, -0.15) is 11.8 Å². The molecule has 0 fully saturated rings. The molecule has 1 amide bonds. The maximum atomic E-state index is 11.9. The Labute approximate surface area is 142 Å². The van der Waals surface area contributed by atoms with Crippen molar-refractivity contribution in [1.82, 2.24) is 0 Å². The van der Waals surface area contributed by atoms with E-state index >= 15 is 0 Å². The van der Waals surface area contributed by atoms with Crippen LogP contribution in [0.3, 0.4) is 0 Å². The van der Waals surface area contributed by atoms with Crippen LogP contribution in [0.5, 0.6) is 0 Å². The van der Waals surface area contributed by atoms with Crippen molar-refractivity contribution in [3.63, 3.8) is 0 Å². The van der Waals surface area contributed by atoms with E-state index in [-0.39, 0.29) is 11.7 Å². The van der Waals surface area contributed by atoms with Crippen LogP contribution in [0, 0.1) is 0 Å². The van der Waals surface area contributed by atoms with Crippen molar-refractivity contribution >= 4 is 39.1 Å². The molecule has 1 aromatic rings. The van der Waals surface area contributed by atoms with Gasteiger partial charge >= 0.3 is 0 Å². The Bertz CT molecular complexity index is 588. The van der Waals surface area contributed by atoms with E-state index in [0.717, 1.165) is 12.2 Å². The number of nitrogens with one attached hydrogen (secondary N) is 2. The Balaban J connectivity index is 2.58. The molecule has 4 N–H and O–H groups in total. The second-order valence-corrected chi connectivity index (χ2v) is 8.06. The van der Waals surface area contributed by atoms with Crippen LogP contribution in [0.25, 0.3) is 0 Å². The number of anilines is 2. The van der Waals surface area contributed by atoms with Crippen molar-refractivity contribution in [3.05, 3.63) is 24.3 Å². The first-order valence-electron chi connectivity index (χ1n) is 7.54. The van der Waals surface area contributed by atoms with Crippen molar-refractivity contribution in [2.45, 2.75) is 32.2 Å². The molecule has 0 saturated carbocycles. The molecule has 23 heavy (non-hydrogen) atoms. The minimum Gasteiger partial charge on any atom is -0.325 e. The second kappa shape index (κ2) is 9.79. The van der Waals surface area contributed by atoms with Crippen LogP contribution in [0.1, 0.15) is 26.2 Å². The molecule has 0 unspecified atom stereocenters. The first-order valence-corrected chi connectivity index (χ1v) is 10.6. The van der Waals surface area contributed by atoms with Crippen molar-refractivity contribution in [2.24, 2.45) is 5.73 Å². The Hall–Kier alpha value is -1.25. The third-order valence-corrected chi connectivity index (χ3v) is 5.18. The molecule has 0 aromatic heterocycles. The number of nitrogens with two attached hydrogens (primary N) is 1. The van der Waals surface area contributed by atoms with Gasteiger partial charge in [0.05, 0.1) is 11.8 Å². The zero-order valence-corrected chi connectivity index (χ0v) is 15.2. The zero-order chi connectivity index (χ0) is 17.3. The van der Waals surface area contributed by atoms with Gasteiger partial charge in [0.15, 0.2) is 0 Å². The lowest BCUT2D eigenvalue weighted by Gasteiger charge is -2.12. The van der Waals surface area contributed by atoms with Gasteiger partial charge in [0, 0.05) is 11.4 Å². The number of rotatable bonds is 10. The maximum absolute atomic E-state index is 11.9. The van der Waals surface area contributed by atoms with Crippen molar-refractivity contribution in [1.29, 1.82) is 0 Å². The van der Waals surface area contributed by atoms with Crippen molar-refractivity contribution in [3.8, 4) is 0 Å². The average molecular weight is 360 g/mol. The highest BCUT2D eigenvalue weighted by molar-refractivity contribution is 7.98. The molecule has 1 atom stereocenters. The van der Waals surface area contributed by atoms with Crippen LogP contribution in [0.2, 0.25) is 0 Å². The summed E-state index contributed by atoms with van der Waals surface area (Å²) >= 11 is 1.64. The van der Waals surface area contributed by atoms with E-state index in [0.29, 0.717) is 24.2 Å². The number of benzene rings is 1. The molecule has 0 heterocycles. The number of carbonyl (C=O) groups excluding carboxylic acids is 1. The topological polar surface area (TPSA) is 101 Å². The van der Waals surface area contributed by atoms with E-state index in [4.69, 9.17) is 5.73 Å². The van der Waals surface area contributed by atoms with E-state index in [1.165, 1.54) is 0 Å². The molecule has 1 rings (SSSR count). The highest BCUT2D eigenvalue weighted by Gasteiger charge is 2.13. The smallest absolute Gasteiger partial charge is 0.241 e. The van der Waals surface area contributed by atoms with Crippen LogP contribution in [-0.2, 0) is 14.8 Å². The predicted octanol–water partition coefficient (Wildman–Crippen LogP) is 2.25. The summed E-state index contributed by atoms with van der Waals surface area (Å²) in [5, 5.41) is 2.72. The molecular weight excluding hydrogens is 334 g/mol. The van der Waals surface area contributed by atoms with Gasteiger partial charge in [0.1, 0.15) is 0 Å². The highest BCUT2D eigenvalue weighted by atomic mass is 32.2. The van der Waals surface area contributed by atoms with Crippen LogP contribution < -0.4 is 15.8 Å². The van der Waals surface area contributed by atoms with E-state index in [9.17, 15) is 13.2 Å². The summed E-state index contributed by atoms with van der Waals surface area (Å²) in [7, 11) is -3.32. The Kier molecular flexibility index (Phi) is 8.43. The lowest BCUT2D eigenvalue weighted by molar-refractivity contribution is -0.117. The minimum absolute atomic E-state index is 0.103. The van der Waals surface area contributed by atoms with Crippen LogP contribution >= 0.6 is 11.8 Å². The van der Waals surface area contributed by atoms with E-state index in [2.05, 4.69) is 10.0 Å². The fraction of sp³-hybridized carbons (Fsp3) is 0.533. The van der Waals surface area contributed by atoms with Gasteiger partial charge in [-0.1, -0.05) is 13.3 Å². The summed E-state index contributed by atoms with van der Waals surface area (Å²) < 4.78 is 26.1. The Morgan fingerprint density at radius 3 is 2.43 bits per heavy atom. The number of hydrogen-bond donors (Lipinski definition) is 3. The third kappa shape index (κ3) is 7.71. The van der Waals surface area contributed by atoms with Crippen molar-refractivity contribution in [2.75, 3.05) is 27.8 Å². The van der Waals surface area contributed by atoms with Crippen LogP contribution in [0.15, 0.2) is 24.3 Å². The summed E-state index contributed by atoms with van der Waals surface area (Å²) in [4.78, 5) is 11.9. The fourth-order valence-corrected chi connectivity index (χ4v) is 3.55. The molecule has 0 aliphatic rings. The van der Waals surface area contributed by atoms with E-state index in [1.807, 2.05) is 13.2 Å². The number of thioether (sulfide) groups is 1. The van der Waals surface area contributed by atoms with Gasteiger partial charge in [-0.25, -0.2) is 8.42 Å². The largest absolute Gasteiger partial charge is 0.325 e. The molecule has 0 bridgehead atoms. The molecular formula is C15H25N3O3S2. The summed E-state index contributed by atoms with van der Waals surface area (Å²) in [6.07, 6.45) is 4.02. The van der Waals surface area contributed by atoms with Gasteiger partial charge in [-0.15, -0.1) is 0 Å². The molecule has 1 aromatic carbocycles. The predicted molar refractivity (Wildman–Crippen MR) is 98.4 cm³/mol. The van der Waals surface area contributed by atoms with Gasteiger partial charge in [-0.3, -0.25) is 9.52 Å². The van der Waals surface area contributed by atoms with E-state index < -0.39 is 16.1 Å². The fourth-order valence-electron chi connectivity index (χ4n) is 1.80. The van der Waals surface area contributed by atoms with Gasteiger partial charge < -0.3 is 11.1 Å². The number of sulfonamides is 1. The third-order valence-electron chi connectivity index (χ3n) is 3.16. The molecule has 0 spiro atoms. The lowest BCUT2D eigenvalue weighted by atomic mass is 10.2. The van der Waals surface area contributed by atoms with Crippen LogP contribution in [-0.4, -0.2) is 38.1 Å².